The highest BCUT2D eigenvalue weighted by Gasteiger charge is 2.39. The van der Waals surface area contributed by atoms with Gasteiger partial charge in [-0.25, -0.2) is 4.79 Å². The second kappa shape index (κ2) is 22.5. The van der Waals surface area contributed by atoms with Crippen LogP contribution < -0.4 is 16.0 Å². The topological polar surface area (TPSA) is 195 Å². The summed E-state index contributed by atoms with van der Waals surface area (Å²) in [5.74, 6) is -3.60. The molecule has 0 saturated carbocycles. The van der Waals surface area contributed by atoms with Crippen LogP contribution in [0.15, 0.2) is 30.3 Å². The number of aliphatic hydroxyl groups excluding tert-OH is 2. The van der Waals surface area contributed by atoms with Gasteiger partial charge in [0.2, 0.25) is 29.5 Å². The summed E-state index contributed by atoms with van der Waals surface area (Å²) in [6.45, 7) is 15.2. The summed E-state index contributed by atoms with van der Waals surface area (Å²) in [5.41, 5.74) is 0.793. The molecule has 1 aliphatic rings. The van der Waals surface area contributed by atoms with Crippen LogP contribution in [0.2, 0.25) is 0 Å². The number of nitrogens with zero attached hydrogens (tertiary/aromatic N) is 2. The Morgan fingerprint density at radius 2 is 1.42 bits per heavy atom. The molecule has 1 aromatic rings. The summed E-state index contributed by atoms with van der Waals surface area (Å²) in [7, 11) is 2.77. The Bertz CT molecular complexity index is 1420. The number of hydrogen-bond donors (Lipinski definition) is 5. The molecule has 0 aromatic heterocycles. The first-order valence-corrected chi connectivity index (χ1v) is 19.7. The molecule has 55 heavy (non-hydrogen) atoms. The number of likely N-dealkylation sites (N-methyl/N-ethyl adjacent to an activating group) is 1. The maximum absolute atomic E-state index is 14.1. The van der Waals surface area contributed by atoms with Gasteiger partial charge in [-0.2, -0.15) is 0 Å². The van der Waals surface area contributed by atoms with Crippen molar-refractivity contribution in [1.82, 2.24) is 25.8 Å². The standard InChI is InChI=1S/C41H67N5O9/c1-24(2)19-29(43-37(50)33(21-26(5)6)45(9)39(52)30(20-25(3)4)44-38(51)36(49)27(7)8)34(47)23-35(48)42-31(22-28-15-12-11-13-16-28)40(53)46-18-14-17-32(46)41(54)55-10/h11-13,15-16,24-27,29-34,36,47,49H,14,17-23H2,1-10H3,(H,42,48)(H,43,50)(H,44,51)/t29-,30-,31-,32-,33-,34-,36+/m0/s1. The number of methoxy groups -OCH3 is 1. The molecule has 0 radical (unpaired) electrons. The Morgan fingerprint density at radius 1 is 0.818 bits per heavy atom. The minimum Gasteiger partial charge on any atom is -0.467 e. The zero-order valence-electron chi connectivity index (χ0n) is 34.5. The van der Waals surface area contributed by atoms with Gasteiger partial charge in [0, 0.05) is 20.0 Å². The lowest BCUT2D eigenvalue weighted by atomic mass is 9.94. The Morgan fingerprint density at radius 3 is 1.96 bits per heavy atom. The van der Waals surface area contributed by atoms with Crippen molar-refractivity contribution in [3.05, 3.63) is 35.9 Å². The lowest BCUT2D eigenvalue weighted by Crippen LogP contribution is -2.58. The second-order valence-corrected chi connectivity index (χ2v) is 16.5. The smallest absolute Gasteiger partial charge is 0.328 e. The third kappa shape index (κ3) is 14.9. The van der Waals surface area contributed by atoms with E-state index >= 15 is 0 Å². The molecular formula is C41H67N5O9. The van der Waals surface area contributed by atoms with E-state index in [0.717, 1.165) is 5.56 Å². The number of nitrogens with one attached hydrogen (secondary N) is 3. The number of likely N-dealkylation sites (tertiary alicyclic amines) is 1. The molecule has 1 saturated heterocycles. The van der Waals surface area contributed by atoms with Crippen LogP contribution in [0.25, 0.3) is 0 Å². The molecule has 1 heterocycles. The minimum atomic E-state index is -1.35. The maximum Gasteiger partial charge on any atom is 0.328 e. The Hall–Kier alpha value is -4.04. The van der Waals surface area contributed by atoms with E-state index in [2.05, 4.69) is 16.0 Å². The van der Waals surface area contributed by atoms with Crippen LogP contribution in [-0.4, -0.2) is 119 Å². The molecule has 5 N–H and O–H groups in total. The molecule has 1 fully saturated rings. The summed E-state index contributed by atoms with van der Waals surface area (Å²) in [5, 5.41) is 30.2. The molecule has 1 aliphatic heterocycles. The lowest BCUT2D eigenvalue weighted by Gasteiger charge is -2.34. The van der Waals surface area contributed by atoms with E-state index in [-0.39, 0.29) is 42.9 Å². The van der Waals surface area contributed by atoms with Crippen LogP contribution in [0.3, 0.4) is 0 Å². The fourth-order valence-corrected chi connectivity index (χ4v) is 6.89. The zero-order valence-corrected chi connectivity index (χ0v) is 34.5. The first-order chi connectivity index (χ1) is 25.8. The summed E-state index contributed by atoms with van der Waals surface area (Å²) in [6.07, 6.45) is -0.985. The van der Waals surface area contributed by atoms with Crippen molar-refractivity contribution >= 4 is 35.5 Å². The first kappa shape index (κ1) is 47.1. The molecule has 5 amide bonds. The van der Waals surface area contributed by atoms with Crippen molar-refractivity contribution in [3.63, 3.8) is 0 Å². The number of esters is 1. The molecule has 0 unspecified atom stereocenters. The average molecular weight is 774 g/mol. The van der Waals surface area contributed by atoms with Gasteiger partial charge in [-0.05, 0) is 61.3 Å². The van der Waals surface area contributed by atoms with Crippen molar-refractivity contribution < 1.29 is 43.7 Å². The summed E-state index contributed by atoms with van der Waals surface area (Å²) in [6, 6.07) is 4.54. The van der Waals surface area contributed by atoms with E-state index in [9.17, 15) is 39.0 Å². The largest absolute Gasteiger partial charge is 0.467 e. The quantitative estimate of drug-likeness (QED) is 0.117. The number of rotatable bonds is 21. The number of carbonyl (C=O) groups is 6. The Balaban J connectivity index is 2.30. The number of hydrogen-bond acceptors (Lipinski definition) is 9. The van der Waals surface area contributed by atoms with Crippen LogP contribution in [-0.2, 0) is 39.9 Å². The summed E-state index contributed by atoms with van der Waals surface area (Å²) < 4.78 is 4.92. The van der Waals surface area contributed by atoms with E-state index in [1.165, 1.54) is 24.0 Å². The Labute approximate surface area is 327 Å². The Kier molecular flexibility index (Phi) is 19.3. The molecule has 14 heteroatoms. The highest BCUT2D eigenvalue weighted by Crippen LogP contribution is 2.22. The molecule has 2 rings (SSSR count). The number of carbonyl (C=O) groups excluding carboxylic acids is 6. The third-order valence-electron chi connectivity index (χ3n) is 9.87. The molecule has 1 aromatic carbocycles. The monoisotopic (exact) mass is 773 g/mol. The predicted octanol–water partition coefficient (Wildman–Crippen LogP) is 2.58. The number of ether oxygens (including phenoxy) is 1. The highest BCUT2D eigenvalue weighted by molar-refractivity contribution is 5.93. The molecule has 310 valence electrons. The molecule has 0 aliphatic carbocycles. The zero-order chi connectivity index (χ0) is 41.6. The number of benzene rings is 1. The van der Waals surface area contributed by atoms with Crippen molar-refractivity contribution in [3.8, 4) is 0 Å². The maximum atomic E-state index is 14.1. The van der Waals surface area contributed by atoms with Crippen molar-refractivity contribution in [1.29, 1.82) is 0 Å². The van der Waals surface area contributed by atoms with Crippen molar-refractivity contribution in [2.45, 2.75) is 143 Å². The summed E-state index contributed by atoms with van der Waals surface area (Å²) >= 11 is 0. The molecule has 0 spiro atoms. The molecule has 7 atom stereocenters. The fourth-order valence-electron chi connectivity index (χ4n) is 6.89. The van der Waals surface area contributed by atoms with Gasteiger partial charge in [-0.3, -0.25) is 24.0 Å². The molecular weight excluding hydrogens is 706 g/mol. The van der Waals surface area contributed by atoms with Gasteiger partial charge in [-0.1, -0.05) is 85.7 Å². The number of aliphatic hydroxyl groups is 2. The minimum absolute atomic E-state index is 0.00164. The third-order valence-corrected chi connectivity index (χ3v) is 9.87. The summed E-state index contributed by atoms with van der Waals surface area (Å²) in [4.78, 5) is 83.5. The van der Waals surface area contributed by atoms with Crippen LogP contribution in [0, 0.1) is 23.7 Å². The second-order valence-electron chi connectivity index (χ2n) is 16.5. The van der Waals surface area contributed by atoms with E-state index in [1.807, 2.05) is 71.9 Å². The van der Waals surface area contributed by atoms with Crippen LogP contribution in [0.4, 0.5) is 0 Å². The molecule has 0 bridgehead atoms. The highest BCUT2D eigenvalue weighted by atomic mass is 16.5. The SMILES string of the molecule is COC(=O)[C@@H]1CCCN1C(=O)[C@H](Cc1ccccc1)NC(=O)C[C@H](O)[C@H](CC(C)C)NC(=O)[C@H](CC(C)C)N(C)C(=O)[C@H](CC(C)C)NC(=O)[C@H](O)C(C)C. The van der Waals surface area contributed by atoms with Crippen LogP contribution in [0.5, 0.6) is 0 Å². The average Bonchev–Trinajstić information content (AvgIpc) is 3.61. The van der Waals surface area contributed by atoms with Gasteiger partial charge in [0.25, 0.3) is 0 Å². The predicted molar refractivity (Wildman–Crippen MR) is 209 cm³/mol. The fraction of sp³-hybridized carbons (Fsp3) is 0.707. The lowest BCUT2D eigenvalue weighted by molar-refractivity contribution is -0.151. The van der Waals surface area contributed by atoms with E-state index in [1.54, 1.807) is 13.8 Å². The van der Waals surface area contributed by atoms with E-state index in [0.29, 0.717) is 25.8 Å². The first-order valence-electron chi connectivity index (χ1n) is 19.7. The van der Waals surface area contributed by atoms with Gasteiger partial charge in [0.05, 0.1) is 25.7 Å². The van der Waals surface area contributed by atoms with Crippen molar-refractivity contribution in [2.75, 3.05) is 20.7 Å². The van der Waals surface area contributed by atoms with Crippen molar-refractivity contribution in [2.24, 2.45) is 23.7 Å². The van der Waals surface area contributed by atoms with Gasteiger partial charge in [-0.15, -0.1) is 0 Å². The number of amides is 5. The van der Waals surface area contributed by atoms with Gasteiger partial charge in [0.1, 0.15) is 30.3 Å². The van der Waals surface area contributed by atoms with Gasteiger partial charge < -0.3 is 40.7 Å². The van der Waals surface area contributed by atoms with E-state index in [4.69, 9.17) is 4.74 Å². The molecule has 14 nitrogen and oxygen atoms in total. The van der Waals surface area contributed by atoms with E-state index < -0.39 is 84.3 Å². The van der Waals surface area contributed by atoms with Gasteiger partial charge >= 0.3 is 5.97 Å². The van der Waals surface area contributed by atoms with Crippen LogP contribution in [0.1, 0.15) is 99.5 Å². The van der Waals surface area contributed by atoms with Gasteiger partial charge in [0.15, 0.2) is 0 Å². The normalized spacial score (nSPS) is 17.7. The van der Waals surface area contributed by atoms with Crippen LogP contribution >= 0.6 is 0 Å².